The lowest BCUT2D eigenvalue weighted by Gasteiger charge is -2.27. The van der Waals surface area contributed by atoms with Gasteiger partial charge in [0.05, 0.1) is 12.1 Å². The maximum absolute atomic E-state index is 12.6. The zero-order valence-electron chi connectivity index (χ0n) is 15.7. The van der Waals surface area contributed by atoms with E-state index < -0.39 is 18.1 Å². The largest absolute Gasteiger partial charge is 0.370 e. The highest BCUT2D eigenvalue weighted by molar-refractivity contribution is 5.91. The Bertz CT molecular complexity index is 515. The number of nitrogens with one attached hydrogen (secondary N) is 3. The molecule has 1 aliphatic rings. The molecule has 9 N–H and O–H groups in total. The fourth-order valence-corrected chi connectivity index (χ4v) is 3.11. The fraction of sp³-hybridized carbons (Fsp3) is 0.765. The van der Waals surface area contributed by atoms with Gasteiger partial charge in [0.25, 0.3) is 0 Å². The Morgan fingerprint density at radius 2 is 2.00 bits per heavy atom. The van der Waals surface area contributed by atoms with Crippen LogP contribution in [0, 0.1) is 5.41 Å². The van der Waals surface area contributed by atoms with Crippen LogP contribution in [0.15, 0.2) is 0 Å². The molecule has 27 heavy (non-hydrogen) atoms. The third-order valence-corrected chi connectivity index (χ3v) is 4.57. The summed E-state index contributed by atoms with van der Waals surface area (Å²) in [4.78, 5) is 37.7. The number of nitrogens with zero attached hydrogens (tertiary/aromatic N) is 1. The lowest BCUT2D eigenvalue weighted by molar-refractivity contribution is -0.139. The first kappa shape index (κ1) is 22.8. The molecule has 2 amide bonds. The van der Waals surface area contributed by atoms with E-state index in [4.69, 9.17) is 22.6 Å². The molecule has 0 aliphatic carbocycles. The zero-order chi connectivity index (χ0) is 20.2. The molecule has 3 atom stereocenters. The highest BCUT2D eigenvalue weighted by atomic mass is 16.2. The van der Waals surface area contributed by atoms with Crippen molar-refractivity contribution >= 4 is 24.1 Å². The number of carbonyl (C=O) groups excluding carboxylic acids is 3. The van der Waals surface area contributed by atoms with Crippen LogP contribution in [0.4, 0.5) is 0 Å². The quantitative estimate of drug-likeness (QED) is 0.132. The summed E-state index contributed by atoms with van der Waals surface area (Å²) in [6.45, 7) is 1.47. The molecule has 0 aromatic heterocycles. The van der Waals surface area contributed by atoms with Crippen molar-refractivity contribution in [2.75, 3.05) is 19.6 Å². The Hall–Kier alpha value is -2.20. The van der Waals surface area contributed by atoms with E-state index in [9.17, 15) is 14.4 Å². The van der Waals surface area contributed by atoms with E-state index in [1.807, 2.05) is 6.29 Å². The van der Waals surface area contributed by atoms with Crippen LogP contribution in [0.1, 0.15) is 44.9 Å². The second-order valence-electron chi connectivity index (χ2n) is 6.74. The second kappa shape index (κ2) is 12.2. The normalized spacial score (nSPS) is 18.6. The van der Waals surface area contributed by atoms with Gasteiger partial charge in [-0.3, -0.25) is 19.8 Å². The molecule has 0 saturated carbocycles. The first-order valence-electron chi connectivity index (χ1n) is 9.42. The number of nitrogens with two attached hydrogens (primary N) is 3. The van der Waals surface area contributed by atoms with Crippen LogP contribution in [0.3, 0.4) is 0 Å². The average molecular weight is 382 g/mol. The van der Waals surface area contributed by atoms with Gasteiger partial charge >= 0.3 is 0 Å². The Balaban J connectivity index is 2.52. The number of likely N-dealkylation sites (tertiary alicyclic amines) is 1. The molecule has 1 saturated heterocycles. The van der Waals surface area contributed by atoms with Gasteiger partial charge in [-0.25, -0.2) is 0 Å². The fourth-order valence-electron chi connectivity index (χ4n) is 3.11. The molecular weight excluding hydrogens is 350 g/mol. The molecule has 1 fully saturated rings. The Labute approximate surface area is 160 Å². The molecule has 1 aliphatic heterocycles. The summed E-state index contributed by atoms with van der Waals surface area (Å²) >= 11 is 0. The van der Waals surface area contributed by atoms with E-state index in [0.29, 0.717) is 45.3 Å². The summed E-state index contributed by atoms with van der Waals surface area (Å²) in [6.07, 6.45) is 6.10. The van der Waals surface area contributed by atoms with Crippen molar-refractivity contribution in [3.8, 4) is 0 Å². The zero-order valence-corrected chi connectivity index (χ0v) is 15.7. The minimum Gasteiger partial charge on any atom is -0.370 e. The summed E-state index contributed by atoms with van der Waals surface area (Å²) in [7, 11) is 0. The van der Waals surface area contributed by atoms with Gasteiger partial charge in [0.2, 0.25) is 18.1 Å². The maximum Gasteiger partial charge on any atom is 0.243 e. The Morgan fingerprint density at radius 1 is 1.26 bits per heavy atom. The van der Waals surface area contributed by atoms with Gasteiger partial charge in [0, 0.05) is 13.1 Å². The van der Waals surface area contributed by atoms with Crippen molar-refractivity contribution in [1.29, 1.82) is 5.41 Å². The van der Waals surface area contributed by atoms with Gasteiger partial charge < -0.3 is 32.7 Å². The number of carbonyl (C=O) groups is 2. The van der Waals surface area contributed by atoms with E-state index in [1.165, 1.54) is 4.90 Å². The van der Waals surface area contributed by atoms with Crippen molar-refractivity contribution < 1.29 is 14.4 Å². The Morgan fingerprint density at radius 3 is 2.63 bits per heavy atom. The minimum absolute atomic E-state index is 0.145. The molecule has 1 heterocycles. The standard InChI is InChI=1S/C17H32N7O3/c18-8-2-1-6-13(19)16(27)24-10-4-7-14(24)15(26)23-12(11-25)5-3-9-22-17(20)21/h12-14H,1-10,18-19H2,(H,23,26)(H4,20,21,22)/t12-,13-,14-/m0/s1. The van der Waals surface area contributed by atoms with Crippen molar-refractivity contribution in [3.05, 3.63) is 0 Å². The summed E-state index contributed by atoms with van der Waals surface area (Å²) in [5.74, 6) is -0.738. The molecule has 10 nitrogen and oxygen atoms in total. The molecule has 1 radical (unpaired) electrons. The molecule has 0 bridgehead atoms. The first-order valence-corrected chi connectivity index (χ1v) is 9.42. The Kier molecular flexibility index (Phi) is 10.3. The van der Waals surface area contributed by atoms with Crippen LogP contribution in [0.5, 0.6) is 0 Å². The molecule has 10 heteroatoms. The second-order valence-corrected chi connectivity index (χ2v) is 6.74. The molecule has 0 unspecified atom stereocenters. The maximum atomic E-state index is 12.6. The third kappa shape index (κ3) is 7.92. The molecule has 1 rings (SSSR count). The number of hydrogen-bond donors (Lipinski definition) is 6. The van der Waals surface area contributed by atoms with Gasteiger partial charge in [0.1, 0.15) is 6.04 Å². The van der Waals surface area contributed by atoms with Crippen LogP contribution in [-0.4, -0.2) is 66.7 Å². The molecule has 0 aromatic rings. The first-order chi connectivity index (χ1) is 12.9. The average Bonchev–Trinajstić information content (AvgIpc) is 3.13. The smallest absolute Gasteiger partial charge is 0.243 e. The number of unbranched alkanes of at least 4 members (excludes halogenated alkanes) is 1. The van der Waals surface area contributed by atoms with E-state index in [0.717, 1.165) is 19.3 Å². The third-order valence-electron chi connectivity index (χ3n) is 4.57. The summed E-state index contributed by atoms with van der Waals surface area (Å²) in [6, 6.07) is -2.01. The van der Waals surface area contributed by atoms with Gasteiger partial charge in [-0.1, -0.05) is 6.42 Å². The number of amides is 2. The topological polar surface area (TPSA) is 180 Å². The predicted octanol–water partition coefficient (Wildman–Crippen LogP) is -1.71. The molecule has 0 spiro atoms. The van der Waals surface area contributed by atoms with Gasteiger partial charge in [-0.15, -0.1) is 0 Å². The van der Waals surface area contributed by atoms with E-state index in [2.05, 4.69) is 10.6 Å². The van der Waals surface area contributed by atoms with Gasteiger partial charge in [-0.2, -0.15) is 0 Å². The SMILES string of the molecule is N=C(N)NCCC[C@@H]([C]=O)NC(=O)[C@@H]1CCCN1C(=O)[C@@H](N)CCCCN. The van der Waals surface area contributed by atoms with Crippen LogP contribution >= 0.6 is 0 Å². The van der Waals surface area contributed by atoms with E-state index >= 15 is 0 Å². The molecule has 153 valence electrons. The summed E-state index contributed by atoms with van der Waals surface area (Å²) < 4.78 is 0. The van der Waals surface area contributed by atoms with Crippen molar-refractivity contribution in [2.24, 2.45) is 17.2 Å². The van der Waals surface area contributed by atoms with E-state index in [-0.39, 0.29) is 17.8 Å². The van der Waals surface area contributed by atoms with Gasteiger partial charge in [-0.05, 0) is 45.1 Å². The van der Waals surface area contributed by atoms with Gasteiger partial charge in [0.15, 0.2) is 5.96 Å². The summed E-state index contributed by atoms with van der Waals surface area (Å²) in [5.41, 5.74) is 16.6. The number of hydrogen-bond acceptors (Lipinski definition) is 6. The highest BCUT2D eigenvalue weighted by Gasteiger charge is 2.36. The van der Waals surface area contributed by atoms with Crippen LogP contribution in [0.2, 0.25) is 0 Å². The van der Waals surface area contributed by atoms with Crippen molar-refractivity contribution in [2.45, 2.75) is 63.1 Å². The highest BCUT2D eigenvalue weighted by Crippen LogP contribution is 2.19. The van der Waals surface area contributed by atoms with Crippen LogP contribution < -0.4 is 27.8 Å². The van der Waals surface area contributed by atoms with E-state index in [1.54, 1.807) is 0 Å². The predicted molar refractivity (Wildman–Crippen MR) is 102 cm³/mol. The number of rotatable bonds is 12. The molecule has 0 aromatic carbocycles. The van der Waals surface area contributed by atoms with Crippen LogP contribution in [-0.2, 0) is 14.4 Å². The van der Waals surface area contributed by atoms with Crippen molar-refractivity contribution in [3.63, 3.8) is 0 Å². The lowest BCUT2D eigenvalue weighted by Crippen LogP contribution is -2.53. The summed E-state index contributed by atoms with van der Waals surface area (Å²) in [5, 5.41) is 12.3. The molecular formula is C17H32N7O3. The lowest BCUT2D eigenvalue weighted by atomic mass is 10.1. The van der Waals surface area contributed by atoms with Crippen molar-refractivity contribution in [1.82, 2.24) is 15.5 Å². The van der Waals surface area contributed by atoms with Crippen LogP contribution in [0.25, 0.3) is 0 Å². The minimum atomic E-state index is -0.762. The monoisotopic (exact) mass is 382 g/mol. The number of guanidine groups is 1.